The summed E-state index contributed by atoms with van der Waals surface area (Å²) in [5, 5.41) is 10.5. The number of esters is 1. The van der Waals surface area contributed by atoms with Gasteiger partial charge in [0.05, 0.1) is 18.5 Å². The molecule has 69 valence electrons. The highest BCUT2D eigenvalue weighted by Crippen LogP contribution is 2.19. The number of carbonyl (C=O) groups is 1. The molecule has 0 saturated heterocycles. The summed E-state index contributed by atoms with van der Waals surface area (Å²) in [7, 11) is 1.19. The lowest BCUT2D eigenvalue weighted by Crippen LogP contribution is -2.13. The molecule has 0 aliphatic heterocycles. The van der Waals surface area contributed by atoms with E-state index >= 15 is 0 Å². The summed E-state index contributed by atoms with van der Waals surface area (Å²) in [5.41, 5.74) is -0.187. The SMILES string of the molecule is COC(=O)C1=C([N+](=O)[O-])[CH]CC=C1. The fourth-order valence-corrected chi connectivity index (χ4v) is 1.02. The number of ether oxygens (including phenoxy) is 1. The smallest absolute Gasteiger partial charge is 0.344 e. The summed E-state index contributed by atoms with van der Waals surface area (Å²) in [5.74, 6) is -0.682. The lowest BCUT2D eigenvalue weighted by atomic mass is 10.0. The van der Waals surface area contributed by atoms with Crippen molar-refractivity contribution in [3.8, 4) is 0 Å². The lowest BCUT2D eigenvalue weighted by molar-refractivity contribution is -0.422. The van der Waals surface area contributed by atoms with Crippen LogP contribution in [0.4, 0.5) is 0 Å². The Morgan fingerprint density at radius 2 is 2.38 bits per heavy atom. The van der Waals surface area contributed by atoms with Gasteiger partial charge in [-0.2, -0.15) is 0 Å². The fourth-order valence-electron chi connectivity index (χ4n) is 1.02. The molecule has 5 nitrogen and oxygen atoms in total. The van der Waals surface area contributed by atoms with E-state index in [1.54, 1.807) is 6.08 Å². The van der Waals surface area contributed by atoms with Crippen molar-refractivity contribution in [2.24, 2.45) is 0 Å². The highest BCUT2D eigenvalue weighted by Gasteiger charge is 2.24. The third kappa shape index (κ3) is 1.93. The summed E-state index contributed by atoms with van der Waals surface area (Å²) in [6.45, 7) is 0. The fraction of sp³-hybridized carbons (Fsp3) is 0.250. The second-order valence-corrected chi connectivity index (χ2v) is 2.39. The largest absolute Gasteiger partial charge is 0.465 e. The molecule has 1 aliphatic rings. The maximum atomic E-state index is 11.0. The van der Waals surface area contributed by atoms with E-state index in [0.717, 1.165) is 0 Å². The number of allylic oxidation sites excluding steroid dienone is 2. The van der Waals surface area contributed by atoms with Crippen LogP contribution < -0.4 is 0 Å². The summed E-state index contributed by atoms with van der Waals surface area (Å²) < 4.78 is 4.40. The Hall–Kier alpha value is -1.65. The van der Waals surface area contributed by atoms with Crippen LogP contribution in [-0.2, 0) is 9.53 Å². The predicted molar refractivity (Wildman–Crippen MR) is 44.1 cm³/mol. The monoisotopic (exact) mass is 182 g/mol. The maximum absolute atomic E-state index is 11.0. The molecule has 0 amide bonds. The molecule has 0 heterocycles. The molecule has 1 rings (SSSR count). The summed E-state index contributed by atoms with van der Waals surface area (Å²) in [6.07, 6.45) is 4.92. The second kappa shape index (κ2) is 3.84. The van der Waals surface area contributed by atoms with Gasteiger partial charge in [0.15, 0.2) is 0 Å². The van der Waals surface area contributed by atoms with Crippen LogP contribution in [0.1, 0.15) is 6.42 Å². The van der Waals surface area contributed by atoms with Crippen molar-refractivity contribution in [1.29, 1.82) is 0 Å². The van der Waals surface area contributed by atoms with Gasteiger partial charge in [0, 0.05) is 0 Å². The van der Waals surface area contributed by atoms with Crippen LogP contribution in [0.5, 0.6) is 0 Å². The average Bonchev–Trinajstić information content (AvgIpc) is 2.16. The Morgan fingerprint density at radius 3 is 2.92 bits per heavy atom. The van der Waals surface area contributed by atoms with Crippen molar-refractivity contribution in [1.82, 2.24) is 0 Å². The molecular formula is C8H8NO4. The van der Waals surface area contributed by atoms with E-state index in [0.29, 0.717) is 6.42 Å². The van der Waals surface area contributed by atoms with E-state index in [4.69, 9.17) is 0 Å². The van der Waals surface area contributed by atoms with Gasteiger partial charge in [0.1, 0.15) is 5.57 Å². The van der Waals surface area contributed by atoms with Crippen molar-refractivity contribution in [2.45, 2.75) is 6.42 Å². The molecule has 1 aliphatic carbocycles. The first-order chi connectivity index (χ1) is 6.16. The Bertz CT molecular complexity index is 303. The van der Waals surface area contributed by atoms with Gasteiger partial charge < -0.3 is 4.74 Å². The van der Waals surface area contributed by atoms with E-state index < -0.39 is 10.9 Å². The van der Waals surface area contributed by atoms with Crippen LogP contribution in [0.15, 0.2) is 23.4 Å². The van der Waals surface area contributed by atoms with Crippen molar-refractivity contribution in [2.75, 3.05) is 7.11 Å². The minimum absolute atomic E-state index is 0.00116. The molecule has 0 saturated carbocycles. The second-order valence-electron chi connectivity index (χ2n) is 2.39. The number of hydrogen-bond acceptors (Lipinski definition) is 4. The first-order valence-corrected chi connectivity index (χ1v) is 3.63. The van der Waals surface area contributed by atoms with E-state index in [1.807, 2.05) is 0 Å². The number of carbonyl (C=O) groups excluding carboxylic acids is 1. The zero-order valence-corrected chi connectivity index (χ0v) is 7.02. The van der Waals surface area contributed by atoms with Crippen molar-refractivity contribution in [3.63, 3.8) is 0 Å². The maximum Gasteiger partial charge on any atom is 0.344 e. The molecule has 0 fully saturated rings. The van der Waals surface area contributed by atoms with Crippen LogP contribution in [-0.4, -0.2) is 18.0 Å². The van der Waals surface area contributed by atoms with E-state index in [-0.39, 0.29) is 11.3 Å². The van der Waals surface area contributed by atoms with Crippen molar-refractivity contribution >= 4 is 5.97 Å². The highest BCUT2D eigenvalue weighted by atomic mass is 16.6. The van der Waals surface area contributed by atoms with Crippen LogP contribution >= 0.6 is 0 Å². The minimum atomic E-state index is -0.682. The van der Waals surface area contributed by atoms with Gasteiger partial charge in [0.25, 0.3) is 5.70 Å². The predicted octanol–water partition coefficient (Wildman–Crippen LogP) is 0.854. The molecule has 0 atom stereocenters. The standard InChI is InChI=1S/C8H8NO4/c1-13-8(10)6-4-2-3-5-7(6)9(11)12/h2,4-5H,3H2,1H3. The molecule has 0 spiro atoms. The number of nitro groups is 1. The van der Waals surface area contributed by atoms with Gasteiger partial charge in [-0.05, 0) is 12.5 Å². The minimum Gasteiger partial charge on any atom is -0.465 e. The molecule has 0 aromatic heterocycles. The Kier molecular flexibility index (Phi) is 2.79. The number of rotatable bonds is 2. The van der Waals surface area contributed by atoms with Gasteiger partial charge in [0.2, 0.25) is 0 Å². The van der Waals surface area contributed by atoms with Crippen LogP contribution in [0.25, 0.3) is 0 Å². The van der Waals surface area contributed by atoms with Crippen LogP contribution in [0.2, 0.25) is 0 Å². The van der Waals surface area contributed by atoms with Gasteiger partial charge in [-0.25, -0.2) is 4.79 Å². The average molecular weight is 182 g/mol. The molecule has 0 aromatic rings. The lowest BCUT2D eigenvalue weighted by Gasteiger charge is -2.05. The Labute approximate surface area is 74.8 Å². The van der Waals surface area contributed by atoms with Gasteiger partial charge >= 0.3 is 5.97 Å². The van der Waals surface area contributed by atoms with Crippen LogP contribution in [0.3, 0.4) is 0 Å². The number of hydrogen-bond donors (Lipinski definition) is 0. The number of nitrogens with zero attached hydrogens (tertiary/aromatic N) is 1. The summed E-state index contributed by atoms with van der Waals surface area (Å²) in [6, 6.07) is 0. The van der Waals surface area contributed by atoms with E-state index in [9.17, 15) is 14.9 Å². The molecule has 1 radical (unpaired) electrons. The molecule has 13 heavy (non-hydrogen) atoms. The first kappa shape index (κ1) is 9.44. The summed E-state index contributed by atoms with van der Waals surface area (Å²) >= 11 is 0. The topological polar surface area (TPSA) is 69.4 Å². The Morgan fingerprint density at radius 1 is 1.69 bits per heavy atom. The molecule has 0 bridgehead atoms. The van der Waals surface area contributed by atoms with Gasteiger partial charge in [-0.15, -0.1) is 0 Å². The van der Waals surface area contributed by atoms with Crippen LogP contribution in [0, 0.1) is 16.5 Å². The third-order valence-corrected chi connectivity index (χ3v) is 1.61. The van der Waals surface area contributed by atoms with Gasteiger partial charge in [-0.1, -0.05) is 6.08 Å². The van der Waals surface area contributed by atoms with Crippen molar-refractivity contribution < 1.29 is 14.5 Å². The number of methoxy groups -OCH3 is 1. The van der Waals surface area contributed by atoms with Gasteiger partial charge in [-0.3, -0.25) is 10.1 Å². The zero-order chi connectivity index (χ0) is 9.84. The first-order valence-electron chi connectivity index (χ1n) is 3.63. The highest BCUT2D eigenvalue weighted by molar-refractivity contribution is 5.92. The zero-order valence-electron chi connectivity index (χ0n) is 7.02. The van der Waals surface area contributed by atoms with E-state index in [1.165, 1.54) is 19.6 Å². The summed E-state index contributed by atoms with van der Waals surface area (Å²) in [4.78, 5) is 20.9. The Balaban J connectivity index is 3.04. The quantitative estimate of drug-likeness (QED) is 0.360. The third-order valence-electron chi connectivity index (χ3n) is 1.61. The molecule has 5 heteroatoms. The van der Waals surface area contributed by atoms with E-state index in [2.05, 4.69) is 4.74 Å². The molecular weight excluding hydrogens is 174 g/mol. The molecule has 0 N–H and O–H groups in total. The van der Waals surface area contributed by atoms with Crippen molar-refractivity contribution in [3.05, 3.63) is 40.0 Å². The molecule has 0 aromatic carbocycles. The molecule has 0 unspecified atom stereocenters. The normalized spacial score (nSPS) is 15.8.